The van der Waals surface area contributed by atoms with E-state index in [9.17, 15) is 4.39 Å². The average Bonchev–Trinajstić information content (AvgIpc) is 2.29. The second-order valence-corrected chi connectivity index (χ2v) is 4.74. The smallest absolute Gasteiger partial charge is 0.123 e. The maximum atomic E-state index is 13.3. The number of morpholine rings is 1. The summed E-state index contributed by atoms with van der Waals surface area (Å²) in [6, 6.07) is 7.03. The van der Waals surface area contributed by atoms with E-state index in [1.165, 1.54) is 6.07 Å². The van der Waals surface area contributed by atoms with Crippen LogP contribution in [0.25, 0.3) is 0 Å². The Kier molecular flexibility index (Phi) is 2.86. The van der Waals surface area contributed by atoms with Crippen molar-refractivity contribution in [3.63, 3.8) is 0 Å². The Morgan fingerprint density at radius 3 is 2.76 bits per heavy atom. The predicted octanol–water partition coefficient (Wildman–Crippen LogP) is 1.08. The summed E-state index contributed by atoms with van der Waals surface area (Å²) >= 11 is 0. The Hall–Kier alpha value is -0.970. The molecule has 4 heteroatoms. The molecular formula is C13H16FNO2. The lowest BCUT2D eigenvalue weighted by atomic mass is 9.72. The fourth-order valence-corrected chi connectivity index (χ4v) is 2.61. The van der Waals surface area contributed by atoms with Crippen LogP contribution in [0.3, 0.4) is 0 Å². The van der Waals surface area contributed by atoms with Gasteiger partial charge in [0.1, 0.15) is 5.82 Å². The van der Waals surface area contributed by atoms with E-state index in [0.717, 1.165) is 18.7 Å². The Bertz CT molecular complexity index is 400. The molecule has 1 aromatic carbocycles. The zero-order valence-corrected chi connectivity index (χ0v) is 9.62. The first-order valence-corrected chi connectivity index (χ1v) is 5.96. The normalized spacial score (nSPS) is 27.5. The highest BCUT2D eigenvalue weighted by Crippen LogP contribution is 2.36. The molecule has 1 aromatic rings. The van der Waals surface area contributed by atoms with Gasteiger partial charge in [-0.1, -0.05) is 12.1 Å². The monoisotopic (exact) mass is 237 g/mol. The van der Waals surface area contributed by atoms with Crippen LogP contribution >= 0.6 is 0 Å². The van der Waals surface area contributed by atoms with Gasteiger partial charge < -0.3 is 14.8 Å². The SMILES string of the molecule is Fc1cccc(C2(C3COCCN3)COC2)c1. The van der Waals surface area contributed by atoms with Crippen LogP contribution in [-0.2, 0) is 14.9 Å². The van der Waals surface area contributed by atoms with Crippen molar-refractivity contribution in [2.45, 2.75) is 11.5 Å². The van der Waals surface area contributed by atoms with Crippen LogP contribution in [-0.4, -0.2) is 39.0 Å². The van der Waals surface area contributed by atoms with Crippen molar-refractivity contribution in [3.8, 4) is 0 Å². The molecule has 1 N–H and O–H groups in total. The van der Waals surface area contributed by atoms with Gasteiger partial charge in [0.15, 0.2) is 0 Å². The highest BCUT2D eigenvalue weighted by atomic mass is 19.1. The molecule has 3 nitrogen and oxygen atoms in total. The zero-order valence-electron chi connectivity index (χ0n) is 9.62. The molecule has 3 rings (SSSR count). The maximum Gasteiger partial charge on any atom is 0.123 e. The molecule has 0 amide bonds. The van der Waals surface area contributed by atoms with Crippen molar-refractivity contribution >= 4 is 0 Å². The highest BCUT2D eigenvalue weighted by molar-refractivity contribution is 5.31. The van der Waals surface area contributed by atoms with Crippen LogP contribution in [0.1, 0.15) is 5.56 Å². The number of ether oxygens (including phenoxy) is 2. The third-order valence-electron chi connectivity index (χ3n) is 3.71. The van der Waals surface area contributed by atoms with E-state index < -0.39 is 0 Å². The van der Waals surface area contributed by atoms with E-state index >= 15 is 0 Å². The molecule has 0 saturated carbocycles. The van der Waals surface area contributed by atoms with Crippen molar-refractivity contribution in [1.29, 1.82) is 0 Å². The number of hydrogen-bond acceptors (Lipinski definition) is 3. The lowest BCUT2D eigenvalue weighted by Crippen LogP contribution is -2.63. The fourth-order valence-electron chi connectivity index (χ4n) is 2.61. The summed E-state index contributed by atoms with van der Waals surface area (Å²) in [4.78, 5) is 0. The molecule has 2 aliphatic heterocycles. The summed E-state index contributed by atoms with van der Waals surface area (Å²) in [6.07, 6.45) is 0. The molecule has 2 saturated heterocycles. The minimum absolute atomic E-state index is 0.123. The largest absolute Gasteiger partial charge is 0.379 e. The molecule has 1 unspecified atom stereocenters. The Labute approximate surface area is 99.9 Å². The molecule has 0 aromatic heterocycles. The van der Waals surface area contributed by atoms with Crippen LogP contribution in [0, 0.1) is 5.82 Å². The number of nitrogens with one attached hydrogen (secondary N) is 1. The van der Waals surface area contributed by atoms with Gasteiger partial charge in [0.25, 0.3) is 0 Å². The lowest BCUT2D eigenvalue weighted by Gasteiger charge is -2.49. The molecule has 0 aliphatic carbocycles. The number of halogens is 1. The zero-order chi connectivity index (χ0) is 11.7. The van der Waals surface area contributed by atoms with E-state index in [1.807, 2.05) is 6.07 Å². The molecular weight excluding hydrogens is 221 g/mol. The summed E-state index contributed by atoms with van der Waals surface area (Å²) in [6.45, 7) is 3.53. The first kappa shape index (κ1) is 11.1. The summed E-state index contributed by atoms with van der Waals surface area (Å²) < 4.78 is 24.2. The standard InChI is InChI=1S/C13H16FNO2/c14-11-3-1-2-10(6-11)13(8-17-9-13)12-7-16-5-4-15-12/h1-3,6,12,15H,4-5,7-9H2. The molecule has 2 heterocycles. The predicted molar refractivity (Wildman–Crippen MR) is 61.5 cm³/mol. The molecule has 0 spiro atoms. The van der Waals surface area contributed by atoms with E-state index in [4.69, 9.17) is 9.47 Å². The van der Waals surface area contributed by atoms with Crippen molar-refractivity contribution in [2.24, 2.45) is 0 Å². The molecule has 2 fully saturated rings. The topological polar surface area (TPSA) is 30.5 Å². The maximum absolute atomic E-state index is 13.3. The van der Waals surface area contributed by atoms with Gasteiger partial charge in [-0.15, -0.1) is 0 Å². The first-order valence-electron chi connectivity index (χ1n) is 5.96. The average molecular weight is 237 g/mol. The summed E-state index contributed by atoms with van der Waals surface area (Å²) in [7, 11) is 0. The van der Waals surface area contributed by atoms with E-state index in [0.29, 0.717) is 19.8 Å². The van der Waals surface area contributed by atoms with Gasteiger partial charge in [0.05, 0.1) is 31.8 Å². The number of hydrogen-bond donors (Lipinski definition) is 1. The third-order valence-corrected chi connectivity index (χ3v) is 3.71. The number of rotatable bonds is 2. The van der Waals surface area contributed by atoms with E-state index in [2.05, 4.69) is 5.32 Å². The second-order valence-electron chi connectivity index (χ2n) is 4.74. The van der Waals surface area contributed by atoms with Crippen LogP contribution in [0.4, 0.5) is 4.39 Å². The van der Waals surface area contributed by atoms with Crippen LogP contribution in [0.5, 0.6) is 0 Å². The minimum Gasteiger partial charge on any atom is -0.379 e. The Balaban J connectivity index is 1.90. The number of benzene rings is 1. The van der Waals surface area contributed by atoms with Gasteiger partial charge in [0, 0.05) is 12.6 Å². The van der Waals surface area contributed by atoms with Crippen molar-refractivity contribution in [1.82, 2.24) is 5.32 Å². The molecule has 0 bridgehead atoms. The second kappa shape index (κ2) is 4.37. The Morgan fingerprint density at radius 1 is 1.29 bits per heavy atom. The quantitative estimate of drug-likeness (QED) is 0.835. The van der Waals surface area contributed by atoms with Crippen molar-refractivity contribution in [2.75, 3.05) is 33.0 Å². The van der Waals surface area contributed by atoms with Gasteiger partial charge in [-0.2, -0.15) is 0 Å². The van der Waals surface area contributed by atoms with Gasteiger partial charge in [-0.05, 0) is 17.7 Å². The molecule has 92 valence electrons. The van der Waals surface area contributed by atoms with Gasteiger partial charge >= 0.3 is 0 Å². The minimum atomic E-state index is -0.189. The highest BCUT2D eigenvalue weighted by Gasteiger charge is 2.47. The van der Waals surface area contributed by atoms with Crippen LogP contribution in [0.2, 0.25) is 0 Å². The van der Waals surface area contributed by atoms with Gasteiger partial charge in [-0.3, -0.25) is 0 Å². The van der Waals surface area contributed by atoms with Crippen molar-refractivity contribution < 1.29 is 13.9 Å². The fraction of sp³-hybridized carbons (Fsp3) is 0.538. The molecule has 1 atom stereocenters. The Morgan fingerprint density at radius 2 is 2.18 bits per heavy atom. The van der Waals surface area contributed by atoms with Gasteiger partial charge in [-0.25, -0.2) is 4.39 Å². The first-order chi connectivity index (χ1) is 8.31. The molecule has 17 heavy (non-hydrogen) atoms. The molecule has 0 radical (unpaired) electrons. The van der Waals surface area contributed by atoms with Crippen molar-refractivity contribution in [3.05, 3.63) is 35.6 Å². The summed E-state index contributed by atoms with van der Waals surface area (Å²) in [5, 5.41) is 3.45. The summed E-state index contributed by atoms with van der Waals surface area (Å²) in [5.41, 5.74) is 0.884. The van der Waals surface area contributed by atoms with E-state index in [1.54, 1.807) is 12.1 Å². The molecule has 2 aliphatic rings. The van der Waals surface area contributed by atoms with Crippen LogP contribution < -0.4 is 5.32 Å². The lowest BCUT2D eigenvalue weighted by molar-refractivity contribution is -0.101. The van der Waals surface area contributed by atoms with Crippen LogP contribution in [0.15, 0.2) is 24.3 Å². The van der Waals surface area contributed by atoms with Gasteiger partial charge in [0.2, 0.25) is 0 Å². The third kappa shape index (κ3) is 1.86. The van der Waals surface area contributed by atoms with E-state index in [-0.39, 0.29) is 17.3 Å². The summed E-state index contributed by atoms with van der Waals surface area (Å²) in [5.74, 6) is -0.189.